The molecular formula is C17H16FN7. The molecule has 4 aromatic rings. The number of nitrogens with one attached hydrogen (secondary N) is 1. The molecule has 0 atom stereocenters. The van der Waals surface area contributed by atoms with Crippen LogP contribution in [0.25, 0.3) is 11.0 Å². The largest absolute Gasteiger partial charge is 0.321 e. The lowest BCUT2D eigenvalue weighted by molar-refractivity contribution is 0.618. The Balaban J connectivity index is 1.54. The zero-order valence-corrected chi connectivity index (χ0v) is 13.6. The lowest BCUT2D eigenvalue weighted by atomic mass is 10.1. The van der Waals surface area contributed by atoms with Crippen LogP contribution in [0.15, 0.2) is 49.1 Å². The highest BCUT2D eigenvalue weighted by molar-refractivity contribution is 5.75. The molecule has 0 saturated carbocycles. The molecule has 0 saturated heterocycles. The fourth-order valence-electron chi connectivity index (χ4n) is 2.59. The smallest absolute Gasteiger partial charge is 0.229 e. The second-order valence-corrected chi connectivity index (χ2v) is 5.74. The van der Waals surface area contributed by atoms with Gasteiger partial charge in [0.25, 0.3) is 0 Å². The van der Waals surface area contributed by atoms with Gasteiger partial charge in [-0.3, -0.25) is 4.68 Å². The molecule has 3 aromatic heterocycles. The summed E-state index contributed by atoms with van der Waals surface area (Å²) in [5.41, 5.74) is 2.62. The number of nitrogens with zero attached hydrogens (tertiary/aromatic N) is 6. The van der Waals surface area contributed by atoms with Crippen LogP contribution in [-0.2, 0) is 20.0 Å². The van der Waals surface area contributed by atoms with Gasteiger partial charge in [-0.1, -0.05) is 12.1 Å². The monoisotopic (exact) mass is 337 g/mol. The minimum atomic E-state index is -0.229. The zero-order chi connectivity index (χ0) is 17.2. The van der Waals surface area contributed by atoms with Crippen molar-refractivity contribution in [2.24, 2.45) is 7.05 Å². The lowest BCUT2D eigenvalue weighted by Gasteiger charge is -2.05. The van der Waals surface area contributed by atoms with Crippen LogP contribution in [0.4, 0.5) is 16.0 Å². The van der Waals surface area contributed by atoms with Gasteiger partial charge in [0.2, 0.25) is 5.95 Å². The third kappa shape index (κ3) is 3.32. The van der Waals surface area contributed by atoms with Crippen molar-refractivity contribution < 1.29 is 4.39 Å². The van der Waals surface area contributed by atoms with Gasteiger partial charge in [-0.05, 0) is 24.1 Å². The molecule has 0 fully saturated rings. The van der Waals surface area contributed by atoms with E-state index in [0.717, 1.165) is 28.7 Å². The van der Waals surface area contributed by atoms with Crippen molar-refractivity contribution in [3.8, 4) is 0 Å². The first-order chi connectivity index (χ1) is 12.2. The molecule has 0 aliphatic rings. The molecule has 0 unspecified atom stereocenters. The van der Waals surface area contributed by atoms with Crippen molar-refractivity contribution in [3.63, 3.8) is 0 Å². The van der Waals surface area contributed by atoms with Crippen LogP contribution in [0.3, 0.4) is 0 Å². The first kappa shape index (κ1) is 15.3. The van der Waals surface area contributed by atoms with Gasteiger partial charge in [-0.2, -0.15) is 15.2 Å². The topological polar surface area (TPSA) is 73.5 Å². The molecule has 0 bridgehead atoms. The SMILES string of the molecule is Cn1cc(Nc2ncc3cnn(CCc4ccc(F)cc4)c3n2)cn1. The Morgan fingerprint density at radius 1 is 1.08 bits per heavy atom. The highest BCUT2D eigenvalue weighted by atomic mass is 19.1. The van der Waals surface area contributed by atoms with Gasteiger partial charge < -0.3 is 5.32 Å². The Morgan fingerprint density at radius 2 is 1.92 bits per heavy atom. The summed E-state index contributed by atoms with van der Waals surface area (Å²) in [4.78, 5) is 8.85. The highest BCUT2D eigenvalue weighted by Gasteiger charge is 2.08. The summed E-state index contributed by atoms with van der Waals surface area (Å²) in [7, 11) is 1.85. The van der Waals surface area contributed by atoms with Crippen molar-refractivity contribution >= 4 is 22.7 Å². The van der Waals surface area contributed by atoms with Crippen molar-refractivity contribution in [3.05, 3.63) is 60.4 Å². The van der Waals surface area contributed by atoms with E-state index in [4.69, 9.17) is 0 Å². The Morgan fingerprint density at radius 3 is 2.68 bits per heavy atom. The van der Waals surface area contributed by atoms with Crippen LogP contribution in [0.5, 0.6) is 0 Å². The average molecular weight is 337 g/mol. The fraction of sp³-hybridized carbons (Fsp3) is 0.176. The van der Waals surface area contributed by atoms with E-state index < -0.39 is 0 Å². The van der Waals surface area contributed by atoms with Gasteiger partial charge >= 0.3 is 0 Å². The Labute approximate surface area is 143 Å². The Bertz CT molecular complexity index is 1000. The van der Waals surface area contributed by atoms with E-state index in [9.17, 15) is 4.39 Å². The summed E-state index contributed by atoms with van der Waals surface area (Å²) in [6.07, 6.45) is 7.78. The van der Waals surface area contributed by atoms with Gasteiger partial charge in [0.1, 0.15) is 5.82 Å². The minimum absolute atomic E-state index is 0.229. The predicted molar refractivity (Wildman–Crippen MR) is 91.9 cm³/mol. The minimum Gasteiger partial charge on any atom is -0.321 e. The van der Waals surface area contributed by atoms with E-state index in [-0.39, 0.29) is 5.82 Å². The predicted octanol–water partition coefficient (Wildman–Crippen LogP) is 2.69. The quantitative estimate of drug-likeness (QED) is 0.606. The number of fused-ring (bicyclic) bond motifs is 1. The number of rotatable bonds is 5. The molecular weight excluding hydrogens is 321 g/mol. The zero-order valence-electron chi connectivity index (χ0n) is 13.6. The molecule has 8 heteroatoms. The molecule has 1 N–H and O–H groups in total. The molecule has 1 aromatic carbocycles. The van der Waals surface area contributed by atoms with E-state index in [2.05, 4.69) is 25.5 Å². The average Bonchev–Trinajstić information content (AvgIpc) is 3.20. The third-order valence-corrected chi connectivity index (χ3v) is 3.86. The number of halogens is 1. The van der Waals surface area contributed by atoms with Crippen LogP contribution >= 0.6 is 0 Å². The van der Waals surface area contributed by atoms with Crippen molar-refractivity contribution in [2.45, 2.75) is 13.0 Å². The molecule has 0 aliphatic heterocycles. The van der Waals surface area contributed by atoms with E-state index >= 15 is 0 Å². The standard InChI is InChI=1S/C17H16FN7/c1-24-11-15(10-20-24)22-17-19-8-13-9-21-25(16(13)23-17)7-6-12-2-4-14(18)5-3-12/h2-5,8-11H,6-7H2,1H3,(H,19,22,23). The fourth-order valence-corrected chi connectivity index (χ4v) is 2.59. The molecule has 4 rings (SSSR count). The first-order valence-electron chi connectivity index (χ1n) is 7.86. The summed E-state index contributed by atoms with van der Waals surface area (Å²) >= 11 is 0. The van der Waals surface area contributed by atoms with Crippen LogP contribution in [0.2, 0.25) is 0 Å². The molecule has 0 amide bonds. The van der Waals surface area contributed by atoms with Crippen molar-refractivity contribution in [1.29, 1.82) is 0 Å². The van der Waals surface area contributed by atoms with E-state index in [1.165, 1.54) is 12.1 Å². The lowest BCUT2D eigenvalue weighted by Crippen LogP contribution is -2.05. The Hall–Kier alpha value is -3.29. The van der Waals surface area contributed by atoms with E-state index in [1.54, 1.807) is 35.4 Å². The maximum absolute atomic E-state index is 13.0. The first-order valence-corrected chi connectivity index (χ1v) is 7.86. The van der Waals surface area contributed by atoms with Gasteiger partial charge in [0, 0.05) is 26.0 Å². The summed E-state index contributed by atoms with van der Waals surface area (Å²) in [6.45, 7) is 0.651. The van der Waals surface area contributed by atoms with Gasteiger partial charge in [-0.15, -0.1) is 0 Å². The van der Waals surface area contributed by atoms with Crippen molar-refractivity contribution in [2.75, 3.05) is 5.32 Å². The van der Waals surface area contributed by atoms with E-state index in [0.29, 0.717) is 12.5 Å². The maximum Gasteiger partial charge on any atom is 0.229 e. The van der Waals surface area contributed by atoms with Gasteiger partial charge in [0.05, 0.1) is 23.5 Å². The molecule has 0 spiro atoms. The molecule has 126 valence electrons. The number of aryl methyl sites for hydroxylation is 3. The van der Waals surface area contributed by atoms with Gasteiger partial charge in [-0.25, -0.2) is 14.1 Å². The second-order valence-electron chi connectivity index (χ2n) is 5.74. The number of hydrogen-bond acceptors (Lipinski definition) is 5. The Kier molecular flexibility index (Phi) is 3.85. The molecule has 0 aliphatic carbocycles. The van der Waals surface area contributed by atoms with Crippen LogP contribution in [-0.4, -0.2) is 29.5 Å². The highest BCUT2D eigenvalue weighted by Crippen LogP contribution is 2.16. The summed E-state index contributed by atoms with van der Waals surface area (Å²) < 4.78 is 16.5. The van der Waals surface area contributed by atoms with E-state index in [1.807, 2.05) is 17.9 Å². The van der Waals surface area contributed by atoms with Crippen LogP contribution in [0, 0.1) is 5.82 Å². The van der Waals surface area contributed by atoms with Crippen molar-refractivity contribution in [1.82, 2.24) is 29.5 Å². The number of anilines is 2. The van der Waals surface area contributed by atoms with Gasteiger partial charge in [0.15, 0.2) is 5.65 Å². The maximum atomic E-state index is 13.0. The number of aromatic nitrogens is 6. The summed E-state index contributed by atoms with van der Waals surface area (Å²) in [5.74, 6) is 0.260. The third-order valence-electron chi connectivity index (χ3n) is 3.86. The van der Waals surface area contributed by atoms with Crippen LogP contribution < -0.4 is 5.32 Å². The molecule has 7 nitrogen and oxygen atoms in total. The number of benzene rings is 1. The second kappa shape index (κ2) is 6.31. The summed E-state index contributed by atoms with van der Waals surface area (Å²) in [6, 6.07) is 6.50. The molecule has 25 heavy (non-hydrogen) atoms. The summed E-state index contributed by atoms with van der Waals surface area (Å²) in [5, 5.41) is 12.5. The molecule has 3 heterocycles. The molecule has 0 radical (unpaired) electrons. The van der Waals surface area contributed by atoms with Crippen LogP contribution in [0.1, 0.15) is 5.56 Å². The normalized spacial score (nSPS) is 11.1. The number of hydrogen-bond donors (Lipinski definition) is 1.